The molecule has 3 aromatic carbocycles. The van der Waals surface area contributed by atoms with Crippen LogP contribution >= 0.6 is 34.2 Å². The highest BCUT2D eigenvalue weighted by molar-refractivity contribution is 14.1. The summed E-state index contributed by atoms with van der Waals surface area (Å²) in [6.45, 7) is 3.76. The predicted octanol–water partition coefficient (Wildman–Crippen LogP) is 5.60. The minimum absolute atomic E-state index is 0.00124. The van der Waals surface area contributed by atoms with Crippen LogP contribution in [0.2, 0.25) is 0 Å². The Morgan fingerprint density at radius 2 is 1.52 bits per heavy atom. The second kappa shape index (κ2) is 9.36. The molecule has 0 spiro atoms. The van der Waals surface area contributed by atoms with E-state index >= 15 is 0 Å². The molecule has 0 unspecified atom stereocenters. The summed E-state index contributed by atoms with van der Waals surface area (Å²) < 4.78 is 1.07. The Kier molecular flexibility index (Phi) is 6.53. The highest BCUT2D eigenvalue weighted by Crippen LogP contribution is 2.32. The maximum atomic E-state index is 13.0. The summed E-state index contributed by atoms with van der Waals surface area (Å²) >= 11 is 8.43. The minimum Gasteiger partial charge on any atom is -0.350 e. The molecule has 3 amide bonds. The molecular weight excluding hydrogens is 553 g/mol. The van der Waals surface area contributed by atoms with Gasteiger partial charge < -0.3 is 10.6 Å². The molecule has 166 valence electrons. The first kappa shape index (κ1) is 23.0. The molecule has 0 aromatic heterocycles. The Labute approximate surface area is 209 Å². The van der Waals surface area contributed by atoms with Crippen LogP contribution < -0.4 is 15.5 Å². The Balaban J connectivity index is 1.50. The van der Waals surface area contributed by atoms with Crippen LogP contribution in [0.3, 0.4) is 0 Å². The summed E-state index contributed by atoms with van der Waals surface area (Å²) in [7, 11) is 0. The van der Waals surface area contributed by atoms with Gasteiger partial charge in [0.25, 0.3) is 17.7 Å². The molecular formula is C25H19ClIN3O3. The average molecular weight is 572 g/mol. The Morgan fingerprint density at radius 3 is 2.18 bits per heavy atom. The maximum Gasteiger partial charge on any atom is 0.283 e. The number of carbonyl (C=O) groups excluding carboxylic acids is 3. The summed E-state index contributed by atoms with van der Waals surface area (Å²) in [6.07, 6.45) is 0. The van der Waals surface area contributed by atoms with E-state index in [2.05, 4.69) is 33.2 Å². The number of rotatable bonds is 5. The number of aryl methyl sites for hydroxylation is 1. The first-order valence-electron chi connectivity index (χ1n) is 10.0. The minimum atomic E-state index is -0.577. The molecule has 33 heavy (non-hydrogen) atoms. The molecule has 0 radical (unpaired) electrons. The second-order valence-electron chi connectivity index (χ2n) is 7.52. The fourth-order valence-electron chi connectivity index (χ4n) is 3.39. The summed E-state index contributed by atoms with van der Waals surface area (Å²) in [4.78, 5) is 39.3. The number of hydrogen-bond acceptors (Lipinski definition) is 4. The van der Waals surface area contributed by atoms with Crippen LogP contribution in [0.4, 0.5) is 17.1 Å². The van der Waals surface area contributed by atoms with Gasteiger partial charge in [-0.2, -0.15) is 0 Å². The number of amides is 3. The van der Waals surface area contributed by atoms with Gasteiger partial charge in [0, 0.05) is 20.5 Å². The third-order valence-corrected chi connectivity index (χ3v) is 6.43. The van der Waals surface area contributed by atoms with E-state index in [1.165, 1.54) is 0 Å². The van der Waals surface area contributed by atoms with Crippen LogP contribution in [0.5, 0.6) is 0 Å². The van der Waals surface area contributed by atoms with E-state index in [1.807, 2.05) is 44.2 Å². The lowest BCUT2D eigenvalue weighted by Crippen LogP contribution is -2.33. The number of benzene rings is 3. The van der Waals surface area contributed by atoms with E-state index in [-0.39, 0.29) is 16.6 Å². The summed E-state index contributed by atoms with van der Waals surface area (Å²) in [5, 5.41) is 5.58. The molecule has 1 aliphatic rings. The van der Waals surface area contributed by atoms with Gasteiger partial charge in [-0.15, -0.1) is 0 Å². The SMILES string of the molecule is Cc1cccc(N2C(=O)C(Cl)=C(Nc3ccc(C(=O)Nc4ccc(I)cc4)cc3)C2=O)c1C. The van der Waals surface area contributed by atoms with Crippen LogP contribution in [-0.2, 0) is 9.59 Å². The second-order valence-corrected chi connectivity index (χ2v) is 9.14. The molecule has 1 aliphatic heterocycles. The molecule has 0 bridgehead atoms. The van der Waals surface area contributed by atoms with Crippen molar-refractivity contribution in [3.05, 3.63) is 97.7 Å². The van der Waals surface area contributed by atoms with Crippen LogP contribution in [0, 0.1) is 17.4 Å². The van der Waals surface area contributed by atoms with Crippen molar-refractivity contribution < 1.29 is 14.4 Å². The summed E-state index contributed by atoms with van der Waals surface area (Å²) in [5.41, 5.74) is 3.96. The first-order valence-corrected chi connectivity index (χ1v) is 11.5. The zero-order valence-corrected chi connectivity index (χ0v) is 20.7. The number of nitrogens with zero attached hydrogens (tertiary/aromatic N) is 1. The molecule has 1 heterocycles. The number of hydrogen-bond donors (Lipinski definition) is 2. The molecule has 6 nitrogen and oxygen atoms in total. The van der Waals surface area contributed by atoms with Gasteiger partial charge in [0.2, 0.25) is 0 Å². The Morgan fingerprint density at radius 1 is 0.879 bits per heavy atom. The van der Waals surface area contributed by atoms with Gasteiger partial charge >= 0.3 is 0 Å². The van der Waals surface area contributed by atoms with Crippen molar-refractivity contribution in [3.8, 4) is 0 Å². The molecule has 0 saturated carbocycles. The average Bonchev–Trinajstić information content (AvgIpc) is 3.01. The fourth-order valence-corrected chi connectivity index (χ4v) is 3.97. The number of halogens is 2. The van der Waals surface area contributed by atoms with Gasteiger partial charge in [-0.25, -0.2) is 4.90 Å². The lowest BCUT2D eigenvalue weighted by molar-refractivity contribution is -0.120. The zero-order valence-electron chi connectivity index (χ0n) is 17.8. The molecule has 0 fully saturated rings. The van der Waals surface area contributed by atoms with Crippen molar-refractivity contribution >= 4 is 69.0 Å². The van der Waals surface area contributed by atoms with Gasteiger partial charge in [-0.3, -0.25) is 14.4 Å². The van der Waals surface area contributed by atoms with E-state index < -0.39 is 11.8 Å². The molecule has 0 saturated heterocycles. The van der Waals surface area contributed by atoms with Crippen molar-refractivity contribution in [2.45, 2.75) is 13.8 Å². The highest BCUT2D eigenvalue weighted by atomic mass is 127. The topological polar surface area (TPSA) is 78.5 Å². The first-order chi connectivity index (χ1) is 15.8. The lowest BCUT2D eigenvalue weighted by Gasteiger charge is -2.18. The van der Waals surface area contributed by atoms with Crippen molar-refractivity contribution in [2.75, 3.05) is 15.5 Å². The molecule has 3 aromatic rings. The van der Waals surface area contributed by atoms with Gasteiger partial charge in [0.05, 0.1) is 5.69 Å². The highest BCUT2D eigenvalue weighted by Gasteiger charge is 2.39. The smallest absolute Gasteiger partial charge is 0.283 e. The van der Waals surface area contributed by atoms with Gasteiger partial charge in [0.15, 0.2) is 0 Å². The quantitative estimate of drug-likeness (QED) is 0.309. The van der Waals surface area contributed by atoms with E-state index in [0.717, 1.165) is 19.6 Å². The van der Waals surface area contributed by atoms with E-state index in [4.69, 9.17) is 11.6 Å². The number of carbonyl (C=O) groups is 3. The number of nitrogens with one attached hydrogen (secondary N) is 2. The van der Waals surface area contributed by atoms with Crippen molar-refractivity contribution in [3.63, 3.8) is 0 Å². The normalized spacial score (nSPS) is 13.5. The fraction of sp³-hybridized carbons (Fsp3) is 0.0800. The summed E-state index contributed by atoms with van der Waals surface area (Å²) in [5.74, 6) is -1.36. The van der Waals surface area contributed by atoms with Crippen molar-refractivity contribution in [1.82, 2.24) is 0 Å². The van der Waals surface area contributed by atoms with E-state index in [1.54, 1.807) is 36.4 Å². The molecule has 8 heteroatoms. The molecule has 0 atom stereocenters. The van der Waals surface area contributed by atoms with Crippen molar-refractivity contribution in [1.29, 1.82) is 0 Å². The van der Waals surface area contributed by atoms with Gasteiger partial charge in [-0.05, 0) is 102 Å². The lowest BCUT2D eigenvalue weighted by atomic mass is 10.1. The van der Waals surface area contributed by atoms with E-state index in [0.29, 0.717) is 22.6 Å². The largest absolute Gasteiger partial charge is 0.350 e. The van der Waals surface area contributed by atoms with Crippen molar-refractivity contribution in [2.24, 2.45) is 0 Å². The third kappa shape index (κ3) is 4.65. The van der Waals surface area contributed by atoms with Crippen LogP contribution in [0.15, 0.2) is 77.5 Å². The molecule has 2 N–H and O–H groups in total. The molecule has 0 aliphatic carbocycles. The zero-order chi connectivity index (χ0) is 23.7. The third-order valence-electron chi connectivity index (χ3n) is 5.36. The van der Waals surface area contributed by atoms with Crippen LogP contribution in [-0.4, -0.2) is 17.7 Å². The monoisotopic (exact) mass is 571 g/mol. The standard InChI is InChI=1S/C25H19ClIN3O3/c1-14-4-3-5-20(15(14)2)30-24(32)21(26)22(25(30)33)28-18-10-6-16(7-11-18)23(31)29-19-12-8-17(27)9-13-19/h3-13,28H,1-2H3,(H,29,31). The maximum absolute atomic E-state index is 13.0. The summed E-state index contributed by atoms with van der Waals surface area (Å²) in [6, 6.07) is 19.4. The van der Waals surface area contributed by atoms with Gasteiger partial charge in [0.1, 0.15) is 10.7 Å². The number of anilines is 3. The van der Waals surface area contributed by atoms with E-state index in [9.17, 15) is 14.4 Å². The van der Waals surface area contributed by atoms with Crippen LogP contribution in [0.25, 0.3) is 0 Å². The van der Waals surface area contributed by atoms with Gasteiger partial charge in [-0.1, -0.05) is 23.7 Å². The Bertz CT molecular complexity index is 1300. The molecule has 4 rings (SSSR count). The van der Waals surface area contributed by atoms with Crippen LogP contribution in [0.1, 0.15) is 21.5 Å². The number of imide groups is 1. The Hall–Kier alpha value is -3.17. The predicted molar refractivity (Wildman–Crippen MR) is 138 cm³/mol.